The molecule has 32 heavy (non-hydrogen) atoms. The highest BCUT2D eigenvalue weighted by Gasteiger charge is 2.31. The molecule has 172 valence electrons. The average Bonchev–Trinajstić information content (AvgIpc) is 2.82. The fourth-order valence-electron chi connectivity index (χ4n) is 4.70. The number of para-hydroxylation sites is 1. The first-order valence-electron chi connectivity index (χ1n) is 11.6. The van der Waals surface area contributed by atoms with Gasteiger partial charge in [0.2, 0.25) is 10.0 Å². The third-order valence-corrected chi connectivity index (χ3v) is 8.50. The van der Waals surface area contributed by atoms with Crippen LogP contribution in [0.4, 0.5) is 11.4 Å². The highest BCUT2D eigenvalue weighted by atomic mass is 32.2. The number of piperidine rings is 2. The fourth-order valence-corrected chi connectivity index (χ4v) is 6.45. The molecule has 0 spiro atoms. The normalized spacial score (nSPS) is 17.9. The van der Waals surface area contributed by atoms with E-state index in [1.165, 1.54) is 6.42 Å². The Bertz CT molecular complexity index is 1070. The van der Waals surface area contributed by atoms with Crippen LogP contribution >= 0.6 is 0 Å². The number of hydrogen-bond donors (Lipinski definition) is 1. The number of nitrogens with one attached hydrogen (secondary N) is 1. The van der Waals surface area contributed by atoms with Gasteiger partial charge in [-0.05, 0) is 75.3 Å². The molecule has 4 rings (SSSR count). The van der Waals surface area contributed by atoms with Crippen LogP contribution in [0.25, 0.3) is 0 Å². The molecular weight excluding hydrogens is 422 g/mol. The SMILES string of the molecule is Cc1cccc(C)c1NC(=O)c1ccc(N2CCCCC2)c(S(=O)(=O)N2CCCCC2)c1. The van der Waals surface area contributed by atoms with Crippen LogP contribution in [0.2, 0.25) is 0 Å². The zero-order chi connectivity index (χ0) is 22.7. The zero-order valence-electron chi connectivity index (χ0n) is 19.1. The summed E-state index contributed by atoms with van der Waals surface area (Å²) < 4.78 is 28.9. The van der Waals surface area contributed by atoms with Crippen LogP contribution < -0.4 is 10.2 Å². The Hall–Kier alpha value is -2.38. The molecule has 0 unspecified atom stereocenters. The van der Waals surface area contributed by atoms with Crippen molar-refractivity contribution >= 4 is 27.3 Å². The maximum Gasteiger partial charge on any atom is 0.255 e. The molecule has 0 bridgehead atoms. The van der Waals surface area contributed by atoms with Gasteiger partial charge < -0.3 is 10.2 Å². The maximum atomic E-state index is 13.7. The van der Waals surface area contributed by atoms with Crippen molar-refractivity contribution in [1.29, 1.82) is 0 Å². The van der Waals surface area contributed by atoms with Crippen LogP contribution in [0.1, 0.15) is 60.0 Å². The molecule has 0 aliphatic carbocycles. The Morgan fingerprint density at radius 1 is 0.844 bits per heavy atom. The zero-order valence-corrected chi connectivity index (χ0v) is 19.9. The summed E-state index contributed by atoms with van der Waals surface area (Å²) in [6.45, 7) is 6.68. The van der Waals surface area contributed by atoms with Crippen LogP contribution in [0.15, 0.2) is 41.3 Å². The third kappa shape index (κ3) is 4.69. The van der Waals surface area contributed by atoms with E-state index in [9.17, 15) is 13.2 Å². The Kier molecular flexibility index (Phi) is 6.86. The molecule has 0 atom stereocenters. The molecule has 2 aromatic carbocycles. The lowest BCUT2D eigenvalue weighted by molar-refractivity contribution is 0.102. The third-order valence-electron chi connectivity index (χ3n) is 6.57. The second kappa shape index (κ2) is 9.63. The summed E-state index contributed by atoms with van der Waals surface area (Å²) in [6, 6.07) is 11.0. The molecule has 0 aromatic heterocycles. The van der Waals surface area contributed by atoms with E-state index in [1.807, 2.05) is 38.1 Å². The second-order valence-corrected chi connectivity index (χ2v) is 10.8. The highest BCUT2D eigenvalue weighted by Crippen LogP contribution is 2.33. The van der Waals surface area contributed by atoms with Crippen molar-refractivity contribution in [3.63, 3.8) is 0 Å². The average molecular weight is 456 g/mol. The van der Waals surface area contributed by atoms with Gasteiger partial charge >= 0.3 is 0 Å². The van der Waals surface area contributed by atoms with Crippen molar-refractivity contribution in [2.24, 2.45) is 0 Å². The molecule has 7 heteroatoms. The number of nitrogens with zero attached hydrogens (tertiary/aromatic N) is 2. The van der Waals surface area contributed by atoms with Crippen molar-refractivity contribution in [2.45, 2.75) is 57.3 Å². The largest absolute Gasteiger partial charge is 0.370 e. The van der Waals surface area contributed by atoms with Crippen molar-refractivity contribution < 1.29 is 13.2 Å². The van der Waals surface area contributed by atoms with Gasteiger partial charge in [0.25, 0.3) is 5.91 Å². The summed E-state index contributed by atoms with van der Waals surface area (Å²) in [4.78, 5) is 15.5. The Morgan fingerprint density at radius 3 is 2.06 bits per heavy atom. The lowest BCUT2D eigenvalue weighted by Gasteiger charge is -2.33. The van der Waals surface area contributed by atoms with E-state index in [1.54, 1.807) is 16.4 Å². The summed E-state index contributed by atoms with van der Waals surface area (Å²) in [5.41, 5.74) is 3.81. The second-order valence-electron chi connectivity index (χ2n) is 8.92. The van der Waals surface area contributed by atoms with E-state index in [-0.39, 0.29) is 10.8 Å². The number of amides is 1. The van der Waals surface area contributed by atoms with Crippen LogP contribution in [0, 0.1) is 13.8 Å². The molecule has 1 amide bonds. The molecule has 2 aromatic rings. The molecule has 1 N–H and O–H groups in total. The molecule has 2 aliphatic heterocycles. The van der Waals surface area contributed by atoms with Gasteiger partial charge in [-0.2, -0.15) is 4.31 Å². The molecule has 2 aliphatic rings. The minimum Gasteiger partial charge on any atom is -0.370 e. The van der Waals surface area contributed by atoms with Gasteiger partial charge in [-0.1, -0.05) is 24.6 Å². The van der Waals surface area contributed by atoms with Crippen LogP contribution in [0.3, 0.4) is 0 Å². The summed E-state index contributed by atoms with van der Waals surface area (Å²) >= 11 is 0. The smallest absolute Gasteiger partial charge is 0.255 e. The van der Waals surface area contributed by atoms with E-state index in [0.29, 0.717) is 18.7 Å². The van der Waals surface area contributed by atoms with Crippen molar-refractivity contribution in [2.75, 3.05) is 36.4 Å². The number of carbonyl (C=O) groups excluding carboxylic acids is 1. The lowest BCUT2D eigenvalue weighted by Crippen LogP contribution is -2.37. The first-order chi connectivity index (χ1) is 15.4. The van der Waals surface area contributed by atoms with E-state index >= 15 is 0 Å². The summed E-state index contributed by atoms with van der Waals surface area (Å²) in [5, 5.41) is 2.99. The number of anilines is 2. The summed E-state index contributed by atoms with van der Waals surface area (Å²) in [7, 11) is -3.68. The lowest BCUT2D eigenvalue weighted by atomic mass is 10.1. The van der Waals surface area contributed by atoms with E-state index in [0.717, 1.165) is 67.7 Å². The predicted octanol–water partition coefficient (Wildman–Crippen LogP) is 4.72. The van der Waals surface area contributed by atoms with Crippen LogP contribution in [-0.4, -0.2) is 44.8 Å². The molecule has 6 nitrogen and oxygen atoms in total. The van der Waals surface area contributed by atoms with Gasteiger partial charge in [-0.25, -0.2) is 8.42 Å². The fraction of sp³-hybridized carbons (Fsp3) is 0.480. The molecule has 2 saturated heterocycles. The van der Waals surface area contributed by atoms with Crippen molar-refractivity contribution in [1.82, 2.24) is 4.31 Å². The van der Waals surface area contributed by atoms with Gasteiger partial charge in [0, 0.05) is 37.4 Å². The topological polar surface area (TPSA) is 69.7 Å². The Morgan fingerprint density at radius 2 is 1.44 bits per heavy atom. The first kappa shape index (κ1) is 22.8. The highest BCUT2D eigenvalue weighted by molar-refractivity contribution is 7.89. The predicted molar refractivity (Wildman–Crippen MR) is 129 cm³/mol. The van der Waals surface area contributed by atoms with Crippen molar-refractivity contribution in [3.8, 4) is 0 Å². The standard InChI is InChI=1S/C25H33N3O3S/c1-19-10-9-11-20(2)24(19)26-25(29)21-12-13-22(27-14-5-3-6-15-27)23(18-21)32(30,31)28-16-7-4-8-17-28/h9-13,18H,3-8,14-17H2,1-2H3,(H,26,29). The van der Waals surface area contributed by atoms with Crippen molar-refractivity contribution in [3.05, 3.63) is 53.1 Å². The molecular formula is C25H33N3O3S. The van der Waals surface area contributed by atoms with Gasteiger partial charge in [-0.3, -0.25) is 4.79 Å². The van der Waals surface area contributed by atoms with E-state index in [4.69, 9.17) is 0 Å². The molecule has 2 heterocycles. The number of hydrogen-bond acceptors (Lipinski definition) is 4. The van der Waals surface area contributed by atoms with Crippen LogP contribution in [-0.2, 0) is 10.0 Å². The number of rotatable bonds is 5. The first-order valence-corrected chi connectivity index (χ1v) is 13.1. The summed E-state index contributed by atoms with van der Waals surface area (Å²) in [6.07, 6.45) is 6.09. The van der Waals surface area contributed by atoms with E-state index < -0.39 is 10.0 Å². The number of benzene rings is 2. The number of sulfonamides is 1. The number of aryl methyl sites for hydroxylation is 2. The van der Waals surface area contributed by atoms with Gasteiger partial charge in [0.1, 0.15) is 4.90 Å². The summed E-state index contributed by atoms with van der Waals surface area (Å²) in [5.74, 6) is -0.289. The van der Waals surface area contributed by atoms with E-state index in [2.05, 4.69) is 10.2 Å². The number of carbonyl (C=O) groups is 1. The monoisotopic (exact) mass is 455 g/mol. The molecule has 0 saturated carbocycles. The van der Waals surface area contributed by atoms with Gasteiger partial charge in [0.15, 0.2) is 0 Å². The maximum absolute atomic E-state index is 13.7. The van der Waals surface area contributed by atoms with Crippen LogP contribution in [0.5, 0.6) is 0 Å². The quantitative estimate of drug-likeness (QED) is 0.708. The Labute approximate surface area is 191 Å². The molecule has 2 fully saturated rings. The Balaban J connectivity index is 1.72. The minimum absolute atomic E-state index is 0.260. The molecule has 0 radical (unpaired) electrons. The minimum atomic E-state index is -3.68. The van der Waals surface area contributed by atoms with Gasteiger partial charge in [0.05, 0.1) is 5.69 Å². The van der Waals surface area contributed by atoms with Gasteiger partial charge in [-0.15, -0.1) is 0 Å².